The first-order chi connectivity index (χ1) is 22.1. The van der Waals surface area contributed by atoms with E-state index in [1.165, 1.54) is 50.3 Å². The second-order valence-electron chi connectivity index (χ2n) is 9.69. The number of carbonyl (C=O) groups is 4. The van der Waals surface area contributed by atoms with Crippen LogP contribution in [-0.2, 0) is 9.59 Å². The van der Waals surface area contributed by atoms with Gasteiger partial charge in [0.1, 0.15) is 5.70 Å². The van der Waals surface area contributed by atoms with E-state index < -0.39 is 28.9 Å². The Balaban J connectivity index is 1.54. The molecule has 3 amide bonds. The molecule has 1 unspecified atom stereocenters. The van der Waals surface area contributed by atoms with Gasteiger partial charge in [0.2, 0.25) is 5.91 Å². The van der Waals surface area contributed by atoms with E-state index in [9.17, 15) is 24.3 Å². The lowest BCUT2D eigenvalue weighted by atomic mass is 10.1. The van der Waals surface area contributed by atoms with Crippen molar-refractivity contribution < 1.29 is 33.8 Å². The molecule has 1 atom stereocenters. The van der Waals surface area contributed by atoms with Crippen LogP contribution in [0.25, 0.3) is 6.08 Å². The predicted molar refractivity (Wildman–Crippen MR) is 179 cm³/mol. The second-order valence-corrected chi connectivity index (χ2v) is 11.5. The van der Waals surface area contributed by atoms with E-state index >= 15 is 0 Å². The summed E-state index contributed by atoms with van der Waals surface area (Å²) in [6, 6.07) is 24.5. The molecule has 0 fully saturated rings. The average molecular weight is 660 g/mol. The number of hydrogen-bond donors (Lipinski definition) is 4. The van der Waals surface area contributed by atoms with Gasteiger partial charge in [-0.2, -0.15) is 0 Å². The summed E-state index contributed by atoms with van der Waals surface area (Å²) in [6.07, 6.45) is 1.49. The maximum absolute atomic E-state index is 13.6. The van der Waals surface area contributed by atoms with Crippen LogP contribution in [0.1, 0.15) is 33.2 Å². The van der Waals surface area contributed by atoms with Crippen molar-refractivity contribution in [3.63, 3.8) is 0 Å². The fourth-order valence-electron chi connectivity index (χ4n) is 4.22. The van der Waals surface area contributed by atoms with Crippen molar-refractivity contribution in [1.29, 1.82) is 0 Å². The summed E-state index contributed by atoms with van der Waals surface area (Å²) in [5.74, 6) is -1.80. The van der Waals surface area contributed by atoms with Crippen LogP contribution in [0.4, 0.5) is 11.4 Å². The number of para-hydroxylation sites is 1. The minimum absolute atomic E-state index is 0.0123. The molecule has 10 nitrogen and oxygen atoms in total. The van der Waals surface area contributed by atoms with Crippen molar-refractivity contribution in [1.82, 2.24) is 5.32 Å². The molecule has 0 saturated heterocycles. The third-order valence-corrected chi connectivity index (χ3v) is 7.93. The lowest BCUT2D eigenvalue weighted by Crippen LogP contribution is -2.30. The molecular weight excluding hydrogens is 630 g/mol. The monoisotopic (exact) mass is 659 g/mol. The average Bonchev–Trinajstić information content (AvgIpc) is 3.05. The van der Waals surface area contributed by atoms with Crippen LogP contribution in [0.15, 0.2) is 102 Å². The largest absolute Gasteiger partial charge is 0.493 e. The van der Waals surface area contributed by atoms with Gasteiger partial charge in [0.25, 0.3) is 11.8 Å². The fraction of sp³-hybridized carbons (Fsp3) is 0.118. The fourth-order valence-corrected chi connectivity index (χ4v) is 5.31. The summed E-state index contributed by atoms with van der Waals surface area (Å²) in [6.45, 7) is 1.68. The Kier molecular flexibility index (Phi) is 11.4. The highest BCUT2D eigenvalue weighted by atomic mass is 35.5. The molecule has 0 bridgehead atoms. The van der Waals surface area contributed by atoms with E-state index in [4.69, 9.17) is 21.1 Å². The number of aromatic carboxylic acids is 1. The molecule has 0 aliphatic rings. The van der Waals surface area contributed by atoms with Gasteiger partial charge in [-0.25, -0.2) is 4.79 Å². The number of halogens is 1. The summed E-state index contributed by atoms with van der Waals surface area (Å²) in [5, 5.41) is 17.0. The first kappa shape index (κ1) is 33.6. The molecule has 12 heteroatoms. The summed E-state index contributed by atoms with van der Waals surface area (Å²) in [5.41, 5.74) is 1.40. The Morgan fingerprint density at radius 1 is 0.848 bits per heavy atom. The van der Waals surface area contributed by atoms with Crippen LogP contribution in [0, 0.1) is 0 Å². The molecule has 0 aliphatic heterocycles. The summed E-state index contributed by atoms with van der Waals surface area (Å²) in [4.78, 5) is 51.6. The highest BCUT2D eigenvalue weighted by Gasteiger charge is 2.20. The number of anilines is 2. The Labute approximate surface area is 274 Å². The van der Waals surface area contributed by atoms with Crippen molar-refractivity contribution in [2.24, 2.45) is 0 Å². The number of rotatable bonds is 12. The van der Waals surface area contributed by atoms with E-state index in [1.54, 1.807) is 79.7 Å². The van der Waals surface area contributed by atoms with Gasteiger partial charge in [0.15, 0.2) is 11.5 Å². The zero-order valence-electron chi connectivity index (χ0n) is 25.0. The Bertz CT molecular complexity index is 1800. The Morgan fingerprint density at radius 2 is 1.59 bits per heavy atom. The normalized spacial score (nSPS) is 11.6. The van der Waals surface area contributed by atoms with E-state index in [0.29, 0.717) is 33.2 Å². The van der Waals surface area contributed by atoms with Crippen molar-refractivity contribution in [2.45, 2.75) is 17.1 Å². The molecule has 4 N–H and O–H groups in total. The smallest absolute Gasteiger partial charge is 0.335 e. The van der Waals surface area contributed by atoms with E-state index in [2.05, 4.69) is 16.0 Å². The van der Waals surface area contributed by atoms with Gasteiger partial charge in [0.05, 0.1) is 35.7 Å². The van der Waals surface area contributed by atoms with E-state index in [0.717, 1.165) is 0 Å². The molecule has 46 heavy (non-hydrogen) atoms. The summed E-state index contributed by atoms with van der Waals surface area (Å²) in [7, 11) is 2.97. The lowest BCUT2D eigenvalue weighted by Gasteiger charge is -2.15. The first-order valence-corrected chi connectivity index (χ1v) is 15.1. The standard InChI is InChI=1S/C34H30ClN3O7S/c1-20(31(39)37-27-18-23(34(42)43)15-16-26(27)35)46-25-13-8-12-24(19-25)36-33(41)28(38-32(40)21-9-5-4-6-10-21)17-22-11-7-14-29(44-2)30(22)45-3/h4-20H,1-3H3,(H,36,41)(H,37,39)(H,38,40)(H,42,43)/b28-17+. The zero-order valence-corrected chi connectivity index (χ0v) is 26.6. The van der Waals surface area contributed by atoms with Crippen LogP contribution < -0.4 is 25.4 Å². The first-order valence-electron chi connectivity index (χ1n) is 13.8. The number of amides is 3. The number of carboxylic acids is 1. The molecule has 4 rings (SSSR count). The van der Waals surface area contributed by atoms with Gasteiger partial charge >= 0.3 is 5.97 Å². The van der Waals surface area contributed by atoms with E-state index in [1.807, 2.05) is 0 Å². The SMILES string of the molecule is COc1cccc(/C=C(/NC(=O)c2ccccc2)C(=O)Nc2cccc(SC(C)C(=O)Nc3cc(C(=O)O)ccc3Cl)c2)c1OC. The lowest BCUT2D eigenvalue weighted by molar-refractivity contribution is -0.115. The molecule has 0 spiro atoms. The molecule has 4 aromatic rings. The molecular formula is C34H30ClN3O7S. The van der Waals surface area contributed by atoms with Gasteiger partial charge in [-0.1, -0.05) is 48.0 Å². The summed E-state index contributed by atoms with van der Waals surface area (Å²) >= 11 is 7.37. The van der Waals surface area contributed by atoms with Crippen LogP contribution in [-0.4, -0.2) is 48.3 Å². The topological polar surface area (TPSA) is 143 Å². The highest BCUT2D eigenvalue weighted by molar-refractivity contribution is 8.00. The van der Waals surface area contributed by atoms with Crippen molar-refractivity contribution in [2.75, 3.05) is 24.9 Å². The zero-order chi connectivity index (χ0) is 33.2. The van der Waals surface area contributed by atoms with Gasteiger partial charge in [-0.3, -0.25) is 14.4 Å². The Hall–Kier alpha value is -5.26. The maximum Gasteiger partial charge on any atom is 0.335 e. The molecule has 0 aliphatic carbocycles. The quantitative estimate of drug-likeness (QED) is 0.0986. The highest BCUT2D eigenvalue weighted by Crippen LogP contribution is 2.33. The molecule has 236 valence electrons. The van der Waals surface area contributed by atoms with Crippen LogP contribution in [0.5, 0.6) is 11.5 Å². The molecule has 4 aromatic carbocycles. The molecule has 0 radical (unpaired) electrons. The van der Waals surface area contributed by atoms with E-state index in [-0.39, 0.29) is 22.0 Å². The predicted octanol–water partition coefficient (Wildman–Crippen LogP) is 6.58. The number of thioether (sulfide) groups is 1. The van der Waals surface area contributed by atoms with Gasteiger partial charge in [0, 0.05) is 21.7 Å². The third kappa shape index (κ3) is 8.68. The minimum Gasteiger partial charge on any atom is -0.493 e. The minimum atomic E-state index is -1.14. The van der Waals surface area contributed by atoms with Gasteiger partial charge in [-0.15, -0.1) is 11.8 Å². The number of carboxylic acid groups (broad SMARTS) is 1. The van der Waals surface area contributed by atoms with Crippen molar-refractivity contribution >= 4 is 64.5 Å². The number of benzene rings is 4. The maximum atomic E-state index is 13.6. The third-order valence-electron chi connectivity index (χ3n) is 6.51. The number of hydrogen-bond acceptors (Lipinski definition) is 7. The summed E-state index contributed by atoms with van der Waals surface area (Å²) < 4.78 is 10.9. The molecule has 0 heterocycles. The van der Waals surface area contributed by atoms with Crippen molar-refractivity contribution in [3.8, 4) is 11.5 Å². The van der Waals surface area contributed by atoms with Crippen LogP contribution in [0.3, 0.4) is 0 Å². The number of ether oxygens (including phenoxy) is 2. The van der Waals surface area contributed by atoms with Gasteiger partial charge in [-0.05, 0) is 67.6 Å². The number of nitrogens with one attached hydrogen (secondary N) is 3. The number of methoxy groups -OCH3 is 2. The van der Waals surface area contributed by atoms with Gasteiger partial charge < -0.3 is 30.5 Å². The molecule has 0 aromatic heterocycles. The second kappa shape index (κ2) is 15.6. The van der Waals surface area contributed by atoms with Crippen molar-refractivity contribution in [3.05, 3.63) is 118 Å². The van der Waals surface area contributed by atoms with Crippen LogP contribution in [0.2, 0.25) is 5.02 Å². The Morgan fingerprint density at radius 3 is 2.28 bits per heavy atom. The number of carbonyl (C=O) groups excluding carboxylic acids is 3. The van der Waals surface area contributed by atoms with Crippen LogP contribution >= 0.6 is 23.4 Å². The molecule has 0 saturated carbocycles.